The minimum atomic E-state index is -3.75. The number of aryl methyl sites for hydroxylation is 1. The number of esters is 1. The molecule has 1 saturated heterocycles. The standard InChI is InChI=1S/C21H27N3O6S/c1-5-30-16-9-8-15(12-17(16)31(27,28)24-10-6-7-11-24)23-20(25)19-13(2)18(14(3)22-19)21(26)29-4/h8-9,12,22H,5-7,10-11H2,1-4H3,(H,23,25). The summed E-state index contributed by atoms with van der Waals surface area (Å²) in [7, 11) is -2.48. The molecular weight excluding hydrogens is 422 g/mol. The molecular formula is C21H27N3O6S. The Balaban J connectivity index is 1.94. The summed E-state index contributed by atoms with van der Waals surface area (Å²) in [6.07, 6.45) is 1.63. The van der Waals surface area contributed by atoms with Crippen molar-refractivity contribution in [3.63, 3.8) is 0 Å². The molecule has 168 valence electrons. The maximum absolute atomic E-state index is 13.1. The van der Waals surface area contributed by atoms with Crippen molar-refractivity contribution < 1.29 is 27.5 Å². The lowest BCUT2D eigenvalue weighted by atomic mass is 10.1. The van der Waals surface area contributed by atoms with Crippen LogP contribution in [0.1, 0.15) is 51.9 Å². The summed E-state index contributed by atoms with van der Waals surface area (Å²) in [5, 5.41) is 2.71. The highest BCUT2D eigenvalue weighted by Crippen LogP contribution is 2.32. The average Bonchev–Trinajstić information content (AvgIpc) is 3.37. The third-order valence-electron chi connectivity index (χ3n) is 5.24. The number of sulfonamides is 1. The Kier molecular flexibility index (Phi) is 6.71. The molecule has 0 spiro atoms. The van der Waals surface area contributed by atoms with E-state index in [1.807, 2.05) is 0 Å². The Morgan fingerprint density at radius 3 is 2.48 bits per heavy atom. The first-order chi connectivity index (χ1) is 14.7. The van der Waals surface area contributed by atoms with Gasteiger partial charge in [0, 0.05) is 24.5 Å². The van der Waals surface area contributed by atoms with Gasteiger partial charge in [0.15, 0.2) is 0 Å². The number of anilines is 1. The molecule has 1 aromatic carbocycles. The number of nitrogens with zero attached hydrogens (tertiary/aromatic N) is 1. The van der Waals surface area contributed by atoms with Crippen molar-refractivity contribution in [2.45, 2.75) is 38.5 Å². The van der Waals surface area contributed by atoms with Crippen molar-refractivity contribution in [2.24, 2.45) is 0 Å². The van der Waals surface area contributed by atoms with Gasteiger partial charge in [-0.25, -0.2) is 13.2 Å². The van der Waals surface area contributed by atoms with Crippen molar-refractivity contribution in [1.29, 1.82) is 0 Å². The second-order valence-corrected chi connectivity index (χ2v) is 9.18. The Bertz CT molecular complexity index is 1100. The lowest BCUT2D eigenvalue weighted by Crippen LogP contribution is -2.28. The molecule has 1 aliphatic rings. The minimum Gasteiger partial charge on any atom is -0.492 e. The molecule has 9 nitrogen and oxygen atoms in total. The molecule has 2 aromatic rings. The molecule has 1 aliphatic heterocycles. The molecule has 10 heteroatoms. The number of benzene rings is 1. The molecule has 2 heterocycles. The maximum atomic E-state index is 13.1. The molecule has 1 fully saturated rings. The number of rotatable bonds is 7. The summed E-state index contributed by atoms with van der Waals surface area (Å²) in [5.41, 5.74) is 1.78. The summed E-state index contributed by atoms with van der Waals surface area (Å²) >= 11 is 0. The second kappa shape index (κ2) is 9.11. The highest BCUT2D eigenvalue weighted by Gasteiger charge is 2.31. The molecule has 0 bridgehead atoms. The molecule has 1 amide bonds. The third-order valence-corrected chi connectivity index (χ3v) is 7.16. The van der Waals surface area contributed by atoms with Gasteiger partial charge in [-0.15, -0.1) is 0 Å². The van der Waals surface area contributed by atoms with Crippen molar-refractivity contribution in [3.05, 3.63) is 40.7 Å². The fourth-order valence-corrected chi connectivity index (χ4v) is 5.38. The van der Waals surface area contributed by atoms with Gasteiger partial charge in [0.1, 0.15) is 16.3 Å². The number of methoxy groups -OCH3 is 1. The first-order valence-electron chi connectivity index (χ1n) is 10.1. The highest BCUT2D eigenvalue weighted by molar-refractivity contribution is 7.89. The number of aromatic amines is 1. The highest BCUT2D eigenvalue weighted by atomic mass is 32.2. The lowest BCUT2D eigenvalue weighted by molar-refractivity contribution is 0.0599. The van der Waals surface area contributed by atoms with Crippen LogP contribution in [0.4, 0.5) is 5.69 Å². The van der Waals surface area contributed by atoms with E-state index in [9.17, 15) is 18.0 Å². The lowest BCUT2D eigenvalue weighted by Gasteiger charge is -2.19. The van der Waals surface area contributed by atoms with Gasteiger partial charge in [-0.1, -0.05) is 0 Å². The molecule has 31 heavy (non-hydrogen) atoms. The number of hydrogen-bond donors (Lipinski definition) is 2. The Hall–Kier alpha value is -2.85. The normalized spacial score (nSPS) is 14.5. The predicted octanol–water partition coefficient (Wildman–Crippen LogP) is 2.85. The van der Waals surface area contributed by atoms with Gasteiger partial charge >= 0.3 is 5.97 Å². The predicted molar refractivity (Wildman–Crippen MR) is 115 cm³/mol. The van der Waals surface area contributed by atoms with Gasteiger partial charge in [0.25, 0.3) is 5.91 Å². The Labute approximate surface area is 181 Å². The Morgan fingerprint density at radius 2 is 1.87 bits per heavy atom. The number of carbonyl (C=O) groups is 2. The van der Waals surface area contributed by atoms with Crippen LogP contribution in [-0.4, -0.2) is 56.4 Å². The fraction of sp³-hybridized carbons (Fsp3) is 0.429. The molecule has 3 rings (SSSR count). The van der Waals surface area contributed by atoms with Crippen LogP contribution in [0.5, 0.6) is 5.75 Å². The van der Waals surface area contributed by atoms with E-state index in [0.29, 0.717) is 42.2 Å². The summed E-state index contributed by atoms with van der Waals surface area (Å²) in [5.74, 6) is -0.790. The molecule has 2 N–H and O–H groups in total. The largest absolute Gasteiger partial charge is 0.492 e. The van der Waals surface area contributed by atoms with Crippen molar-refractivity contribution in [2.75, 3.05) is 32.1 Å². The molecule has 0 atom stereocenters. The number of ether oxygens (including phenoxy) is 2. The van der Waals surface area contributed by atoms with E-state index in [-0.39, 0.29) is 16.3 Å². The van der Waals surface area contributed by atoms with Crippen LogP contribution in [0.15, 0.2) is 23.1 Å². The summed E-state index contributed by atoms with van der Waals surface area (Å²) in [4.78, 5) is 27.7. The monoisotopic (exact) mass is 449 g/mol. The number of amides is 1. The number of hydrogen-bond acceptors (Lipinski definition) is 6. The van der Waals surface area contributed by atoms with Crippen LogP contribution in [0, 0.1) is 13.8 Å². The molecule has 0 radical (unpaired) electrons. The topological polar surface area (TPSA) is 118 Å². The van der Waals surface area contributed by atoms with Crippen LogP contribution in [0.25, 0.3) is 0 Å². The van der Waals surface area contributed by atoms with E-state index in [2.05, 4.69) is 10.3 Å². The van der Waals surface area contributed by atoms with Crippen LogP contribution in [-0.2, 0) is 14.8 Å². The Morgan fingerprint density at radius 1 is 1.19 bits per heavy atom. The third kappa shape index (κ3) is 4.45. The van der Waals surface area contributed by atoms with Crippen molar-refractivity contribution in [1.82, 2.24) is 9.29 Å². The van der Waals surface area contributed by atoms with Crippen LogP contribution in [0.3, 0.4) is 0 Å². The smallest absolute Gasteiger partial charge is 0.339 e. The van der Waals surface area contributed by atoms with Gasteiger partial charge < -0.3 is 19.8 Å². The van der Waals surface area contributed by atoms with Crippen LogP contribution < -0.4 is 10.1 Å². The van der Waals surface area contributed by atoms with E-state index in [1.165, 1.54) is 23.5 Å². The maximum Gasteiger partial charge on any atom is 0.339 e. The minimum absolute atomic E-state index is 0.0173. The number of H-pyrrole nitrogens is 1. The van der Waals surface area contributed by atoms with Crippen molar-refractivity contribution in [3.8, 4) is 5.75 Å². The zero-order chi connectivity index (χ0) is 22.8. The van der Waals surface area contributed by atoms with E-state index in [1.54, 1.807) is 26.8 Å². The SMILES string of the molecule is CCOc1ccc(NC(=O)c2[nH]c(C)c(C(=O)OC)c2C)cc1S(=O)(=O)N1CCCC1. The zero-order valence-corrected chi connectivity index (χ0v) is 18.9. The van der Waals surface area contributed by atoms with Gasteiger partial charge in [-0.2, -0.15) is 4.31 Å². The summed E-state index contributed by atoms with van der Waals surface area (Å²) in [6.45, 7) is 6.33. The summed E-state index contributed by atoms with van der Waals surface area (Å²) < 4.78 is 38.0. The zero-order valence-electron chi connectivity index (χ0n) is 18.1. The molecule has 0 aliphatic carbocycles. The second-order valence-electron chi connectivity index (χ2n) is 7.28. The average molecular weight is 450 g/mol. The van der Waals surface area contributed by atoms with Gasteiger partial charge in [0.05, 0.1) is 19.3 Å². The fourth-order valence-electron chi connectivity index (χ4n) is 3.71. The van der Waals surface area contributed by atoms with Gasteiger partial charge in [-0.05, 0) is 57.4 Å². The number of aromatic nitrogens is 1. The van der Waals surface area contributed by atoms with E-state index in [0.717, 1.165) is 12.8 Å². The number of carbonyl (C=O) groups excluding carboxylic acids is 2. The first kappa shape index (κ1) is 22.8. The first-order valence-corrected chi connectivity index (χ1v) is 11.5. The van der Waals surface area contributed by atoms with E-state index < -0.39 is 21.9 Å². The number of nitrogens with one attached hydrogen (secondary N) is 2. The van der Waals surface area contributed by atoms with Crippen LogP contribution in [0.2, 0.25) is 0 Å². The van der Waals surface area contributed by atoms with E-state index >= 15 is 0 Å². The molecule has 0 unspecified atom stereocenters. The van der Waals surface area contributed by atoms with Gasteiger partial charge in [0.2, 0.25) is 10.0 Å². The van der Waals surface area contributed by atoms with Crippen molar-refractivity contribution >= 4 is 27.6 Å². The molecule has 0 saturated carbocycles. The molecule has 1 aromatic heterocycles. The van der Waals surface area contributed by atoms with Gasteiger partial charge in [-0.3, -0.25) is 4.79 Å². The quantitative estimate of drug-likeness (QED) is 0.628. The van der Waals surface area contributed by atoms with Crippen LogP contribution >= 0.6 is 0 Å². The van der Waals surface area contributed by atoms with E-state index in [4.69, 9.17) is 9.47 Å². The summed E-state index contributed by atoms with van der Waals surface area (Å²) in [6, 6.07) is 4.52.